The van der Waals surface area contributed by atoms with Gasteiger partial charge in [-0.1, -0.05) is 24.3 Å². The molecule has 1 fully saturated rings. The number of carbonyl (C=O) groups is 3. The Morgan fingerprint density at radius 1 is 1.26 bits per heavy atom. The number of amides is 3. The molecule has 3 atom stereocenters. The number of hydrogen-bond donors (Lipinski definition) is 3. The summed E-state index contributed by atoms with van der Waals surface area (Å²) in [5.74, 6) is -1.03. The third kappa shape index (κ3) is 5.48. The summed E-state index contributed by atoms with van der Waals surface area (Å²) in [6, 6.07) is 6.40. The van der Waals surface area contributed by atoms with Crippen molar-refractivity contribution < 1.29 is 19.5 Å². The molecule has 8 nitrogen and oxygen atoms in total. The molecular formula is C22H28N4O4S. The number of β-amino-alcohol motifs (C(OH)–C–C–N with tert-alkyl or cyclic N) is 1. The summed E-state index contributed by atoms with van der Waals surface area (Å²) in [4.78, 5) is 43.6. The van der Waals surface area contributed by atoms with Gasteiger partial charge in [-0.05, 0) is 31.9 Å². The van der Waals surface area contributed by atoms with Crippen LogP contribution >= 0.6 is 11.3 Å². The molecule has 0 radical (unpaired) electrons. The number of aryl methyl sites for hydroxylation is 2. The second kappa shape index (κ2) is 9.57. The van der Waals surface area contributed by atoms with Gasteiger partial charge in [0.05, 0.1) is 21.7 Å². The number of hydrogen-bond acceptors (Lipinski definition) is 6. The van der Waals surface area contributed by atoms with E-state index in [0.29, 0.717) is 6.54 Å². The van der Waals surface area contributed by atoms with Gasteiger partial charge in [0.25, 0.3) is 0 Å². The van der Waals surface area contributed by atoms with Crippen LogP contribution in [0.2, 0.25) is 0 Å². The highest BCUT2D eigenvalue weighted by Gasteiger charge is 2.40. The van der Waals surface area contributed by atoms with E-state index in [2.05, 4.69) is 15.6 Å². The molecule has 1 aromatic carbocycles. The Morgan fingerprint density at radius 3 is 2.52 bits per heavy atom. The summed E-state index contributed by atoms with van der Waals surface area (Å²) in [6.07, 6.45) is -0.595. The third-order valence-electron chi connectivity index (χ3n) is 5.24. The molecule has 166 valence electrons. The number of aliphatic hydroxyl groups is 1. The van der Waals surface area contributed by atoms with Crippen LogP contribution in [0.25, 0.3) is 10.4 Å². The maximum absolute atomic E-state index is 12.7. The second-order valence-corrected chi connectivity index (χ2v) is 9.08. The van der Waals surface area contributed by atoms with Crippen LogP contribution < -0.4 is 10.6 Å². The molecule has 1 saturated heterocycles. The summed E-state index contributed by atoms with van der Waals surface area (Å²) in [5, 5.41) is 16.4. The molecule has 1 aromatic heterocycles. The molecule has 1 aliphatic rings. The van der Waals surface area contributed by atoms with E-state index in [1.165, 1.54) is 11.8 Å². The Hall–Kier alpha value is -2.78. The van der Waals surface area contributed by atoms with Gasteiger partial charge in [0.1, 0.15) is 12.1 Å². The van der Waals surface area contributed by atoms with Gasteiger partial charge in [-0.25, -0.2) is 4.98 Å². The first-order valence-corrected chi connectivity index (χ1v) is 11.0. The number of aromatic nitrogens is 1. The topological polar surface area (TPSA) is 112 Å². The van der Waals surface area contributed by atoms with E-state index in [1.54, 1.807) is 18.3 Å². The number of aliphatic hydroxyl groups excluding tert-OH is 1. The van der Waals surface area contributed by atoms with Crippen LogP contribution in [-0.4, -0.2) is 57.4 Å². The van der Waals surface area contributed by atoms with Crippen molar-refractivity contribution in [3.8, 4) is 10.4 Å². The first-order chi connectivity index (χ1) is 14.7. The molecule has 1 aliphatic heterocycles. The largest absolute Gasteiger partial charge is 0.391 e. The summed E-state index contributed by atoms with van der Waals surface area (Å²) < 4.78 is 0. The molecule has 3 unspecified atom stereocenters. The van der Waals surface area contributed by atoms with Crippen molar-refractivity contribution in [2.45, 2.75) is 58.8 Å². The summed E-state index contributed by atoms with van der Waals surface area (Å²) in [5.41, 5.74) is 3.02. The van der Waals surface area contributed by atoms with Crippen LogP contribution in [0.5, 0.6) is 0 Å². The molecule has 3 amide bonds. The minimum Gasteiger partial charge on any atom is -0.391 e. The van der Waals surface area contributed by atoms with E-state index in [4.69, 9.17) is 0 Å². The zero-order valence-corrected chi connectivity index (χ0v) is 19.0. The van der Waals surface area contributed by atoms with Gasteiger partial charge in [-0.15, -0.1) is 11.3 Å². The van der Waals surface area contributed by atoms with E-state index in [9.17, 15) is 19.5 Å². The predicted octanol–water partition coefficient (Wildman–Crippen LogP) is 1.53. The normalized spacial score (nSPS) is 19.2. The molecule has 0 bridgehead atoms. The zero-order chi connectivity index (χ0) is 22.7. The van der Waals surface area contributed by atoms with Gasteiger partial charge in [0.15, 0.2) is 0 Å². The van der Waals surface area contributed by atoms with Crippen molar-refractivity contribution in [2.24, 2.45) is 0 Å². The number of nitrogens with one attached hydrogen (secondary N) is 2. The first kappa shape index (κ1) is 22.9. The monoisotopic (exact) mass is 444 g/mol. The fraction of sp³-hybridized carbons (Fsp3) is 0.455. The SMILES string of the molecule is CC(=O)NC(C)C(=O)N1CC(O)CC1C(=O)NCc1ccc(-c2sc(C)nc2C)cc1. The lowest BCUT2D eigenvalue weighted by atomic mass is 10.1. The van der Waals surface area contributed by atoms with E-state index in [0.717, 1.165) is 26.7 Å². The van der Waals surface area contributed by atoms with E-state index in [-0.39, 0.29) is 30.7 Å². The Morgan fingerprint density at radius 2 is 1.94 bits per heavy atom. The molecule has 0 spiro atoms. The number of nitrogens with zero attached hydrogens (tertiary/aromatic N) is 2. The molecule has 2 aromatic rings. The molecular weight excluding hydrogens is 416 g/mol. The van der Waals surface area contributed by atoms with Crippen molar-refractivity contribution in [1.29, 1.82) is 0 Å². The Kier molecular flexibility index (Phi) is 7.07. The summed E-state index contributed by atoms with van der Waals surface area (Å²) >= 11 is 1.65. The average molecular weight is 445 g/mol. The fourth-order valence-electron chi connectivity index (χ4n) is 3.80. The second-order valence-electron chi connectivity index (χ2n) is 7.88. The third-order valence-corrected chi connectivity index (χ3v) is 6.36. The van der Waals surface area contributed by atoms with Gasteiger partial charge in [-0.3, -0.25) is 14.4 Å². The molecule has 0 saturated carbocycles. The Labute approximate surface area is 185 Å². The van der Waals surface area contributed by atoms with Gasteiger partial charge in [0.2, 0.25) is 17.7 Å². The van der Waals surface area contributed by atoms with E-state index in [1.807, 2.05) is 38.1 Å². The lowest BCUT2D eigenvalue weighted by Crippen LogP contribution is -2.52. The number of thiazole rings is 1. The zero-order valence-electron chi connectivity index (χ0n) is 18.1. The molecule has 3 N–H and O–H groups in total. The standard InChI is InChI=1S/C22H28N4O4S/c1-12-20(31-15(4)25-12)17-7-5-16(6-8-17)10-23-21(29)19-9-18(28)11-26(19)22(30)13(2)24-14(3)27/h5-8,13,18-19,28H,9-11H2,1-4H3,(H,23,29)(H,24,27). The smallest absolute Gasteiger partial charge is 0.245 e. The van der Waals surface area contributed by atoms with Crippen molar-refractivity contribution in [3.05, 3.63) is 40.5 Å². The molecule has 3 rings (SSSR count). The van der Waals surface area contributed by atoms with Crippen LogP contribution in [0.15, 0.2) is 24.3 Å². The van der Waals surface area contributed by atoms with Crippen LogP contribution in [0.1, 0.15) is 36.5 Å². The Bertz CT molecular complexity index is 972. The van der Waals surface area contributed by atoms with Gasteiger partial charge < -0.3 is 20.6 Å². The van der Waals surface area contributed by atoms with Crippen molar-refractivity contribution in [1.82, 2.24) is 20.5 Å². The van der Waals surface area contributed by atoms with Crippen molar-refractivity contribution in [3.63, 3.8) is 0 Å². The molecule has 31 heavy (non-hydrogen) atoms. The maximum atomic E-state index is 12.7. The van der Waals surface area contributed by atoms with E-state index >= 15 is 0 Å². The fourth-order valence-corrected chi connectivity index (χ4v) is 4.73. The average Bonchev–Trinajstić information content (AvgIpc) is 3.27. The summed E-state index contributed by atoms with van der Waals surface area (Å²) in [6.45, 7) is 7.25. The van der Waals surface area contributed by atoms with Gasteiger partial charge in [0, 0.05) is 26.4 Å². The molecule has 2 heterocycles. The molecule has 9 heteroatoms. The predicted molar refractivity (Wildman–Crippen MR) is 118 cm³/mol. The lowest BCUT2D eigenvalue weighted by molar-refractivity contribution is -0.141. The van der Waals surface area contributed by atoms with Crippen molar-refractivity contribution >= 4 is 29.1 Å². The summed E-state index contributed by atoms with van der Waals surface area (Å²) in [7, 11) is 0. The number of rotatable bonds is 6. The van der Waals surface area contributed by atoms with Gasteiger partial charge >= 0.3 is 0 Å². The van der Waals surface area contributed by atoms with Gasteiger partial charge in [-0.2, -0.15) is 0 Å². The highest BCUT2D eigenvalue weighted by Crippen LogP contribution is 2.29. The molecule has 0 aliphatic carbocycles. The van der Waals surface area contributed by atoms with Crippen LogP contribution in [0, 0.1) is 13.8 Å². The number of benzene rings is 1. The Balaban J connectivity index is 1.62. The van der Waals surface area contributed by atoms with Crippen LogP contribution in [0.3, 0.4) is 0 Å². The number of carbonyl (C=O) groups excluding carboxylic acids is 3. The highest BCUT2D eigenvalue weighted by molar-refractivity contribution is 7.15. The minimum absolute atomic E-state index is 0.0726. The quantitative estimate of drug-likeness (QED) is 0.626. The first-order valence-electron chi connectivity index (χ1n) is 10.2. The minimum atomic E-state index is -0.769. The van der Waals surface area contributed by atoms with Crippen LogP contribution in [0.4, 0.5) is 0 Å². The van der Waals surface area contributed by atoms with Crippen LogP contribution in [-0.2, 0) is 20.9 Å². The number of likely N-dealkylation sites (tertiary alicyclic amines) is 1. The van der Waals surface area contributed by atoms with Crippen molar-refractivity contribution in [2.75, 3.05) is 6.54 Å². The highest BCUT2D eigenvalue weighted by atomic mass is 32.1. The lowest BCUT2D eigenvalue weighted by Gasteiger charge is -2.26. The maximum Gasteiger partial charge on any atom is 0.245 e. The van der Waals surface area contributed by atoms with E-state index < -0.39 is 18.2 Å².